The van der Waals surface area contributed by atoms with Gasteiger partial charge in [-0.2, -0.15) is 0 Å². The van der Waals surface area contributed by atoms with Gasteiger partial charge < -0.3 is 15.0 Å². The number of nitrogens with zero attached hydrogens (tertiary/aromatic N) is 1. The SMILES string of the molecule is Cc1ccc(N2CCOC(C)C2)c(CNC2CC2)c1. The van der Waals surface area contributed by atoms with Crippen LogP contribution < -0.4 is 10.2 Å². The number of nitrogens with one attached hydrogen (secondary N) is 1. The lowest BCUT2D eigenvalue weighted by atomic mass is 10.1. The lowest BCUT2D eigenvalue weighted by Crippen LogP contribution is -2.41. The maximum absolute atomic E-state index is 5.64. The van der Waals surface area contributed by atoms with Crippen LogP contribution in [0.25, 0.3) is 0 Å². The van der Waals surface area contributed by atoms with Crippen LogP contribution in [0.5, 0.6) is 0 Å². The van der Waals surface area contributed by atoms with Crippen molar-refractivity contribution in [3.8, 4) is 0 Å². The number of anilines is 1. The quantitative estimate of drug-likeness (QED) is 0.900. The van der Waals surface area contributed by atoms with E-state index in [4.69, 9.17) is 4.74 Å². The van der Waals surface area contributed by atoms with Crippen molar-refractivity contribution in [2.75, 3.05) is 24.6 Å². The molecule has 2 fully saturated rings. The first-order valence-corrected chi connectivity index (χ1v) is 7.42. The van der Waals surface area contributed by atoms with Crippen LogP contribution in [0.3, 0.4) is 0 Å². The van der Waals surface area contributed by atoms with Crippen molar-refractivity contribution in [3.05, 3.63) is 29.3 Å². The molecule has 3 heteroatoms. The molecule has 19 heavy (non-hydrogen) atoms. The molecule has 0 amide bonds. The third-order valence-corrected chi connectivity index (χ3v) is 3.98. The van der Waals surface area contributed by atoms with Crippen LogP contribution in [-0.2, 0) is 11.3 Å². The van der Waals surface area contributed by atoms with Gasteiger partial charge >= 0.3 is 0 Å². The lowest BCUT2D eigenvalue weighted by molar-refractivity contribution is 0.0531. The molecule has 1 aromatic rings. The first-order chi connectivity index (χ1) is 9.22. The molecule has 1 saturated heterocycles. The van der Waals surface area contributed by atoms with Gasteiger partial charge in [-0.15, -0.1) is 0 Å². The Balaban J connectivity index is 1.77. The van der Waals surface area contributed by atoms with E-state index in [1.54, 1.807) is 0 Å². The zero-order chi connectivity index (χ0) is 13.2. The van der Waals surface area contributed by atoms with Crippen LogP contribution in [-0.4, -0.2) is 31.8 Å². The molecule has 0 bridgehead atoms. The number of ether oxygens (including phenoxy) is 1. The number of rotatable bonds is 4. The highest BCUT2D eigenvalue weighted by Gasteiger charge is 2.22. The first kappa shape index (κ1) is 12.9. The van der Waals surface area contributed by atoms with Gasteiger partial charge in [0.2, 0.25) is 0 Å². The van der Waals surface area contributed by atoms with Crippen LogP contribution in [0.2, 0.25) is 0 Å². The predicted molar refractivity (Wildman–Crippen MR) is 78.7 cm³/mol. The van der Waals surface area contributed by atoms with Crippen LogP contribution >= 0.6 is 0 Å². The summed E-state index contributed by atoms with van der Waals surface area (Å²) in [6.45, 7) is 8.16. The molecule has 1 aliphatic heterocycles. The second-order valence-electron chi connectivity index (χ2n) is 5.91. The van der Waals surface area contributed by atoms with Crippen molar-refractivity contribution < 1.29 is 4.74 Å². The van der Waals surface area contributed by atoms with Crippen LogP contribution in [0.4, 0.5) is 5.69 Å². The van der Waals surface area contributed by atoms with Gasteiger partial charge in [0, 0.05) is 31.4 Å². The molecule has 1 unspecified atom stereocenters. The summed E-state index contributed by atoms with van der Waals surface area (Å²) in [5, 5.41) is 3.63. The van der Waals surface area contributed by atoms with Crippen molar-refractivity contribution in [1.82, 2.24) is 5.32 Å². The minimum atomic E-state index is 0.333. The maximum Gasteiger partial charge on any atom is 0.0722 e. The Hall–Kier alpha value is -1.06. The summed E-state index contributed by atoms with van der Waals surface area (Å²) >= 11 is 0. The molecule has 1 atom stereocenters. The van der Waals surface area contributed by atoms with E-state index in [2.05, 4.69) is 42.3 Å². The summed E-state index contributed by atoms with van der Waals surface area (Å²) in [6, 6.07) is 7.58. The van der Waals surface area contributed by atoms with E-state index in [1.165, 1.54) is 29.7 Å². The van der Waals surface area contributed by atoms with Gasteiger partial charge in [-0.05, 0) is 38.3 Å². The van der Waals surface area contributed by atoms with Crippen molar-refractivity contribution in [2.24, 2.45) is 0 Å². The Morgan fingerprint density at radius 3 is 2.95 bits per heavy atom. The molecule has 3 nitrogen and oxygen atoms in total. The van der Waals surface area contributed by atoms with E-state index in [9.17, 15) is 0 Å². The minimum absolute atomic E-state index is 0.333. The molecule has 104 valence electrons. The maximum atomic E-state index is 5.64. The fourth-order valence-electron chi connectivity index (χ4n) is 2.74. The summed E-state index contributed by atoms with van der Waals surface area (Å²) in [6.07, 6.45) is 3.02. The number of morpholine rings is 1. The molecule has 0 spiro atoms. The van der Waals surface area contributed by atoms with Gasteiger partial charge in [0.05, 0.1) is 12.7 Å². The Labute approximate surface area is 115 Å². The van der Waals surface area contributed by atoms with Crippen LogP contribution in [0.15, 0.2) is 18.2 Å². The highest BCUT2D eigenvalue weighted by atomic mass is 16.5. The smallest absolute Gasteiger partial charge is 0.0722 e. The van der Waals surface area contributed by atoms with Crippen molar-refractivity contribution >= 4 is 5.69 Å². The summed E-state index contributed by atoms with van der Waals surface area (Å²) in [5.74, 6) is 0. The average Bonchev–Trinajstić information content (AvgIpc) is 3.20. The normalized spacial score (nSPS) is 23.7. The molecular weight excluding hydrogens is 236 g/mol. The Morgan fingerprint density at radius 1 is 1.37 bits per heavy atom. The Bertz CT molecular complexity index is 442. The highest BCUT2D eigenvalue weighted by molar-refractivity contribution is 5.55. The molecule has 1 N–H and O–H groups in total. The molecule has 3 rings (SSSR count). The number of hydrogen-bond donors (Lipinski definition) is 1. The fourth-order valence-corrected chi connectivity index (χ4v) is 2.74. The van der Waals surface area contributed by atoms with Gasteiger partial charge in [0.15, 0.2) is 0 Å². The summed E-state index contributed by atoms with van der Waals surface area (Å²) in [4.78, 5) is 2.47. The van der Waals surface area contributed by atoms with Gasteiger partial charge in [-0.1, -0.05) is 17.7 Å². The van der Waals surface area contributed by atoms with Gasteiger partial charge in [0.1, 0.15) is 0 Å². The third-order valence-electron chi connectivity index (χ3n) is 3.98. The number of aryl methyl sites for hydroxylation is 1. The van der Waals surface area contributed by atoms with Gasteiger partial charge in [-0.3, -0.25) is 0 Å². The Morgan fingerprint density at radius 2 is 2.21 bits per heavy atom. The summed E-state index contributed by atoms with van der Waals surface area (Å²) in [7, 11) is 0. The van der Waals surface area contributed by atoms with E-state index >= 15 is 0 Å². The molecule has 1 heterocycles. The van der Waals surface area contributed by atoms with E-state index in [0.29, 0.717) is 6.10 Å². The molecular formula is C16H24N2O. The van der Waals surface area contributed by atoms with E-state index < -0.39 is 0 Å². The lowest BCUT2D eigenvalue weighted by Gasteiger charge is -2.34. The van der Waals surface area contributed by atoms with Crippen LogP contribution in [0, 0.1) is 6.92 Å². The van der Waals surface area contributed by atoms with Crippen molar-refractivity contribution in [2.45, 2.75) is 45.4 Å². The minimum Gasteiger partial charge on any atom is -0.375 e. The third kappa shape index (κ3) is 3.28. The van der Waals surface area contributed by atoms with Crippen LogP contribution in [0.1, 0.15) is 30.9 Å². The fraction of sp³-hybridized carbons (Fsp3) is 0.625. The number of benzene rings is 1. The molecule has 0 radical (unpaired) electrons. The number of hydrogen-bond acceptors (Lipinski definition) is 3. The molecule has 0 aromatic heterocycles. The summed E-state index contributed by atoms with van der Waals surface area (Å²) in [5.41, 5.74) is 4.16. The van der Waals surface area contributed by atoms with E-state index in [1.807, 2.05) is 0 Å². The standard InChI is InChI=1S/C16H24N2O/c1-12-3-6-16(18-7-8-19-13(2)11-18)14(9-12)10-17-15-4-5-15/h3,6,9,13,15,17H,4-5,7-8,10-11H2,1-2H3. The topological polar surface area (TPSA) is 24.5 Å². The molecule has 1 saturated carbocycles. The second kappa shape index (κ2) is 5.51. The average molecular weight is 260 g/mol. The molecule has 2 aliphatic rings. The molecule has 1 aromatic carbocycles. The predicted octanol–water partition coefficient (Wildman–Crippen LogP) is 2.47. The second-order valence-corrected chi connectivity index (χ2v) is 5.91. The highest BCUT2D eigenvalue weighted by Crippen LogP contribution is 2.26. The van der Waals surface area contributed by atoms with Crippen molar-refractivity contribution in [3.63, 3.8) is 0 Å². The largest absolute Gasteiger partial charge is 0.375 e. The molecule has 1 aliphatic carbocycles. The zero-order valence-corrected chi connectivity index (χ0v) is 12.0. The Kier molecular flexibility index (Phi) is 3.76. The van der Waals surface area contributed by atoms with E-state index in [0.717, 1.165) is 32.3 Å². The van der Waals surface area contributed by atoms with Gasteiger partial charge in [-0.25, -0.2) is 0 Å². The first-order valence-electron chi connectivity index (χ1n) is 7.42. The monoisotopic (exact) mass is 260 g/mol. The summed E-state index contributed by atoms with van der Waals surface area (Å²) < 4.78 is 5.64. The van der Waals surface area contributed by atoms with Crippen molar-refractivity contribution in [1.29, 1.82) is 0 Å². The van der Waals surface area contributed by atoms with E-state index in [-0.39, 0.29) is 0 Å². The van der Waals surface area contributed by atoms with Gasteiger partial charge in [0.25, 0.3) is 0 Å². The zero-order valence-electron chi connectivity index (χ0n) is 12.0.